The van der Waals surface area contributed by atoms with Crippen molar-refractivity contribution < 1.29 is 14.3 Å². The summed E-state index contributed by atoms with van der Waals surface area (Å²) in [4.78, 5) is 23.7. The molecule has 5 nitrogen and oxygen atoms in total. The van der Waals surface area contributed by atoms with Crippen LogP contribution >= 0.6 is 0 Å². The highest BCUT2D eigenvalue weighted by molar-refractivity contribution is 6.01. The molecule has 1 amide bonds. The Balaban J connectivity index is 2.67. The van der Waals surface area contributed by atoms with Gasteiger partial charge >= 0.3 is 6.09 Å². The van der Waals surface area contributed by atoms with Crippen LogP contribution in [0.15, 0.2) is 24.3 Å². The average molecular weight is 274 g/mol. The molecule has 0 saturated carbocycles. The maximum absolute atomic E-state index is 12.1. The fraction of sp³-hybridized carbons (Fsp3) is 0.400. The van der Waals surface area contributed by atoms with E-state index in [2.05, 4.69) is 5.32 Å². The molecule has 106 valence electrons. The van der Waals surface area contributed by atoms with Crippen molar-refractivity contribution in [1.82, 2.24) is 5.32 Å². The molecule has 0 spiro atoms. The third-order valence-electron chi connectivity index (χ3n) is 2.43. The first-order chi connectivity index (χ1) is 9.23. The number of ether oxygens (including phenoxy) is 1. The number of hydrogen-bond acceptors (Lipinski definition) is 4. The number of ketones is 1. The van der Waals surface area contributed by atoms with Crippen molar-refractivity contribution in [2.45, 2.75) is 39.3 Å². The second-order valence-electron chi connectivity index (χ2n) is 5.42. The largest absolute Gasteiger partial charge is 0.444 e. The predicted octanol–water partition coefficient (Wildman–Crippen LogP) is 2.65. The highest BCUT2D eigenvalue weighted by Crippen LogP contribution is 2.09. The second kappa shape index (κ2) is 6.20. The van der Waals surface area contributed by atoms with Gasteiger partial charge in [-0.2, -0.15) is 5.26 Å². The molecular formula is C15H18N2O3. The number of carbonyl (C=O) groups excluding carboxylic acids is 2. The molecule has 0 aliphatic rings. The number of nitrogens with zero attached hydrogens (tertiary/aromatic N) is 1. The Morgan fingerprint density at radius 3 is 2.25 bits per heavy atom. The van der Waals surface area contributed by atoms with Crippen LogP contribution in [0, 0.1) is 11.3 Å². The molecule has 1 aromatic carbocycles. The Morgan fingerprint density at radius 1 is 1.25 bits per heavy atom. The van der Waals surface area contributed by atoms with Crippen molar-refractivity contribution in [2.75, 3.05) is 0 Å². The summed E-state index contributed by atoms with van der Waals surface area (Å²) in [7, 11) is 0. The highest BCUT2D eigenvalue weighted by atomic mass is 16.6. The zero-order chi connectivity index (χ0) is 15.3. The molecule has 1 aromatic rings. The molecule has 5 heteroatoms. The summed E-state index contributed by atoms with van der Waals surface area (Å²) in [6, 6.07) is 7.54. The smallest absolute Gasteiger partial charge is 0.408 e. The van der Waals surface area contributed by atoms with Crippen LogP contribution in [0.2, 0.25) is 0 Å². The van der Waals surface area contributed by atoms with Gasteiger partial charge in [0.15, 0.2) is 5.78 Å². The van der Waals surface area contributed by atoms with Crippen molar-refractivity contribution in [3.05, 3.63) is 35.4 Å². The second-order valence-corrected chi connectivity index (χ2v) is 5.42. The van der Waals surface area contributed by atoms with E-state index in [9.17, 15) is 9.59 Å². The Kier molecular flexibility index (Phi) is 4.87. The summed E-state index contributed by atoms with van der Waals surface area (Å²) in [6.07, 6.45) is -0.632. The topological polar surface area (TPSA) is 79.2 Å². The molecule has 0 fully saturated rings. The van der Waals surface area contributed by atoms with Crippen LogP contribution in [-0.4, -0.2) is 23.5 Å². The number of benzene rings is 1. The monoisotopic (exact) mass is 274 g/mol. The van der Waals surface area contributed by atoms with Gasteiger partial charge in [-0.3, -0.25) is 4.79 Å². The first-order valence-electron chi connectivity index (χ1n) is 6.27. The van der Waals surface area contributed by atoms with Crippen molar-refractivity contribution >= 4 is 11.9 Å². The zero-order valence-electron chi connectivity index (χ0n) is 12.1. The molecule has 0 aromatic heterocycles. The summed E-state index contributed by atoms with van der Waals surface area (Å²) in [5.74, 6) is -0.236. The van der Waals surface area contributed by atoms with E-state index in [0.29, 0.717) is 11.1 Å². The lowest BCUT2D eigenvalue weighted by molar-refractivity contribution is 0.0497. The van der Waals surface area contributed by atoms with Gasteiger partial charge in [0.05, 0.1) is 17.7 Å². The Bertz CT molecular complexity index is 536. The van der Waals surface area contributed by atoms with E-state index in [4.69, 9.17) is 10.00 Å². The van der Waals surface area contributed by atoms with Crippen LogP contribution in [-0.2, 0) is 4.74 Å². The van der Waals surface area contributed by atoms with E-state index in [0.717, 1.165) is 0 Å². The number of hydrogen-bond donors (Lipinski definition) is 1. The van der Waals surface area contributed by atoms with E-state index < -0.39 is 17.7 Å². The van der Waals surface area contributed by atoms with Crippen LogP contribution in [0.25, 0.3) is 0 Å². The standard InChI is InChI=1S/C15H18N2O3/c1-10(17-14(19)20-15(2,3)4)13(18)12-7-5-11(9-16)6-8-12/h5-8,10H,1-4H3,(H,17,19)/t10-/m0/s1. The van der Waals surface area contributed by atoms with Gasteiger partial charge in [0.1, 0.15) is 5.60 Å². The summed E-state index contributed by atoms with van der Waals surface area (Å²) in [5.41, 5.74) is 0.309. The SMILES string of the molecule is C[C@H](NC(=O)OC(C)(C)C)C(=O)c1ccc(C#N)cc1. The van der Waals surface area contributed by atoms with Gasteiger partial charge in [-0.15, -0.1) is 0 Å². The number of nitriles is 1. The normalized spacial score (nSPS) is 12.2. The minimum Gasteiger partial charge on any atom is -0.444 e. The lowest BCUT2D eigenvalue weighted by atomic mass is 10.0. The van der Waals surface area contributed by atoms with Gasteiger partial charge in [0.2, 0.25) is 0 Å². The van der Waals surface area contributed by atoms with Crippen molar-refractivity contribution in [2.24, 2.45) is 0 Å². The van der Waals surface area contributed by atoms with Crippen LogP contribution < -0.4 is 5.32 Å². The van der Waals surface area contributed by atoms with Gasteiger partial charge in [-0.1, -0.05) is 12.1 Å². The molecule has 0 aliphatic carbocycles. The molecule has 20 heavy (non-hydrogen) atoms. The molecule has 0 radical (unpaired) electrons. The average Bonchev–Trinajstić information content (AvgIpc) is 2.35. The fourth-order valence-corrected chi connectivity index (χ4v) is 1.51. The molecule has 1 N–H and O–H groups in total. The summed E-state index contributed by atoms with van der Waals surface area (Å²) >= 11 is 0. The number of amides is 1. The fourth-order valence-electron chi connectivity index (χ4n) is 1.51. The van der Waals surface area contributed by atoms with Gasteiger partial charge < -0.3 is 10.1 Å². The molecule has 1 atom stereocenters. The molecule has 0 aliphatic heterocycles. The van der Waals surface area contributed by atoms with E-state index >= 15 is 0 Å². The van der Waals surface area contributed by atoms with E-state index in [1.165, 1.54) is 0 Å². The van der Waals surface area contributed by atoms with Gasteiger partial charge in [0.25, 0.3) is 0 Å². The van der Waals surface area contributed by atoms with Gasteiger partial charge in [-0.25, -0.2) is 4.79 Å². The van der Waals surface area contributed by atoms with Gasteiger partial charge in [-0.05, 0) is 39.8 Å². The Morgan fingerprint density at radius 2 is 1.80 bits per heavy atom. The number of nitrogens with one attached hydrogen (secondary N) is 1. The van der Waals surface area contributed by atoms with Crippen LogP contribution in [0.1, 0.15) is 43.6 Å². The molecule has 0 unspecified atom stereocenters. The summed E-state index contributed by atoms with van der Waals surface area (Å²) in [5, 5.41) is 11.2. The zero-order valence-corrected chi connectivity index (χ0v) is 12.1. The quantitative estimate of drug-likeness (QED) is 0.859. The summed E-state index contributed by atoms with van der Waals surface area (Å²) in [6.45, 7) is 6.84. The van der Waals surface area contributed by atoms with Crippen molar-refractivity contribution in [3.8, 4) is 6.07 Å². The van der Waals surface area contributed by atoms with E-state index in [1.54, 1.807) is 52.0 Å². The number of Topliss-reactive ketones (excluding diaryl/α,β-unsaturated/α-hetero) is 1. The third kappa shape index (κ3) is 4.73. The van der Waals surface area contributed by atoms with E-state index in [1.807, 2.05) is 6.07 Å². The molecule has 1 rings (SSSR count). The minimum atomic E-state index is -0.696. The lowest BCUT2D eigenvalue weighted by Crippen LogP contribution is -2.41. The first-order valence-corrected chi connectivity index (χ1v) is 6.27. The minimum absolute atomic E-state index is 0.236. The predicted molar refractivity (Wildman–Crippen MR) is 74.3 cm³/mol. The maximum Gasteiger partial charge on any atom is 0.408 e. The van der Waals surface area contributed by atoms with Crippen molar-refractivity contribution in [1.29, 1.82) is 5.26 Å². The van der Waals surface area contributed by atoms with Crippen LogP contribution in [0.4, 0.5) is 4.79 Å². The molecule has 0 saturated heterocycles. The third-order valence-corrected chi connectivity index (χ3v) is 2.43. The number of alkyl carbamates (subject to hydrolysis) is 1. The van der Waals surface area contributed by atoms with E-state index in [-0.39, 0.29) is 5.78 Å². The van der Waals surface area contributed by atoms with Crippen LogP contribution in [0.3, 0.4) is 0 Å². The Labute approximate surface area is 118 Å². The first kappa shape index (κ1) is 15.7. The molecular weight excluding hydrogens is 256 g/mol. The molecule has 0 bridgehead atoms. The highest BCUT2D eigenvalue weighted by Gasteiger charge is 2.21. The maximum atomic E-state index is 12.1. The number of rotatable bonds is 3. The molecule has 0 heterocycles. The lowest BCUT2D eigenvalue weighted by Gasteiger charge is -2.21. The van der Waals surface area contributed by atoms with Crippen LogP contribution in [0.5, 0.6) is 0 Å². The summed E-state index contributed by atoms with van der Waals surface area (Å²) < 4.78 is 5.09. The number of carbonyl (C=O) groups is 2. The Hall–Kier alpha value is -2.35. The van der Waals surface area contributed by atoms with Gasteiger partial charge in [0, 0.05) is 5.56 Å². The van der Waals surface area contributed by atoms with Crippen molar-refractivity contribution in [3.63, 3.8) is 0 Å².